The van der Waals surface area contributed by atoms with Crippen LogP contribution in [0.3, 0.4) is 0 Å². The van der Waals surface area contributed by atoms with Crippen LogP contribution in [-0.2, 0) is 22.9 Å². The number of rotatable bonds is 6. The second kappa shape index (κ2) is 9.51. The van der Waals surface area contributed by atoms with Gasteiger partial charge in [0.2, 0.25) is 0 Å². The van der Waals surface area contributed by atoms with Crippen LogP contribution in [0, 0.1) is 11.6 Å². The molecule has 1 amide bonds. The van der Waals surface area contributed by atoms with E-state index in [4.69, 9.17) is 0 Å². The lowest BCUT2D eigenvalue weighted by Gasteiger charge is -2.38. The average molecular weight is 519 g/mol. The van der Waals surface area contributed by atoms with Gasteiger partial charge in [0, 0.05) is 6.42 Å². The summed E-state index contributed by atoms with van der Waals surface area (Å²) in [5, 5.41) is 20.9. The molecule has 0 aliphatic heterocycles. The van der Waals surface area contributed by atoms with Crippen molar-refractivity contribution >= 4 is 5.91 Å². The van der Waals surface area contributed by atoms with Crippen molar-refractivity contribution in [1.82, 2.24) is 5.32 Å². The second-order valence-corrected chi connectivity index (χ2v) is 7.89. The Hall–Kier alpha value is -3.51. The zero-order valence-corrected chi connectivity index (χ0v) is 18.0. The van der Waals surface area contributed by atoms with Gasteiger partial charge in [0.15, 0.2) is 0 Å². The van der Waals surface area contributed by atoms with Crippen LogP contribution in [-0.4, -0.2) is 28.1 Å². The molecule has 0 heterocycles. The fourth-order valence-electron chi connectivity index (χ4n) is 3.62. The summed E-state index contributed by atoms with van der Waals surface area (Å²) in [5.41, 5.74) is -4.35. The molecule has 0 unspecified atom stereocenters. The largest absolute Gasteiger partial charge is 0.453 e. The molecule has 3 aromatic carbocycles. The van der Waals surface area contributed by atoms with E-state index in [1.54, 1.807) is 6.07 Å². The van der Waals surface area contributed by atoms with Gasteiger partial charge >= 0.3 is 18.1 Å². The third-order valence-electron chi connectivity index (χ3n) is 5.46. The number of hydrogen-bond donors (Lipinski definition) is 3. The van der Waals surface area contributed by atoms with E-state index in [0.717, 1.165) is 30.3 Å². The highest BCUT2D eigenvalue weighted by molar-refractivity contribution is 5.85. The first-order valence-corrected chi connectivity index (χ1v) is 10.1. The fraction of sp³-hybridized carbons (Fsp3) is 0.208. The van der Waals surface area contributed by atoms with Gasteiger partial charge in [-0.2, -0.15) is 26.3 Å². The highest BCUT2D eigenvalue weighted by atomic mass is 19.4. The second-order valence-electron chi connectivity index (χ2n) is 7.89. The smallest absolute Gasteiger partial charge is 0.351 e. The molecule has 36 heavy (non-hydrogen) atoms. The predicted octanol–water partition coefficient (Wildman–Crippen LogP) is 4.83. The highest BCUT2D eigenvalue weighted by Gasteiger charge is 2.60. The molecule has 1 atom stereocenters. The van der Waals surface area contributed by atoms with Gasteiger partial charge in [-0.15, -0.1) is 0 Å². The molecule has 0 aromatic heterocycles. The number of halogens is 8. The summed E-state index contributed by atoms with van der Waals surface area (Å²) < 4.78 is 107. The molecule has 0 bridgehead atoms. The Bertz CT molecular complexity index is 1220. The van der Waals surface area contributed by atoms with Crippen molar-refractivity contribution in [3.63, 3.8) is 0 Å². The number of hydrogen-bond acceptors (Lipinski definition) is 3. The van der Waals surface area contributed by atoms with Crippen LogP contribution in [0.2, 0.25) is 0 Å². The number of nitrogens with one attached hydrogen (secondary N) is 1. The molecule has 0 fully saturated rings. The molecular weight excluding hydrogens is 502 g/mol. The zero-order chi connectivity index (χ0) is 26.9. The van der Waals surface area contributed by atoms with Crippen LogP contribution in [0.25, 0.3) is 0 Å². The summed E-state index contributed by atoms with van der Waals surface area (Å²) in [6, 6.07) is 12.7. The van der Waals surface area contributed by atoms with Crippen molar-refractivity contribution in [2.45, 2.75) is 30.1 Å². The molecule has 0 saturated carbocycles. The summed E-state index contributed by atoms with van der Waals surface area (Å²) in [7, 11) is 0. The van der Waals surface area contributed by atoms with Gasteiger partial charge in [-0.1, -0.05) is 48.5 Å². The monoisotopic (exact) mass is 519 g/mol. The molecule has 192 valence electrons. The van der Waals surface area contributed by atoms with Crippen LogP contribution in [0.1, 0.15) is 22.3 Å². The van der Waals surface area contributed by atoms with E-state index < -0.39 is 58.8 Å². The lowest BCUT2D eigenvalue weighted by molar-refractivity contribution is -0.329. The predicted molar refractivity (Wildman–Crippen MR) is 110 cm³/mol. The number of benzene rings is 3. The normalized spacial score (nSPS) is 14.3. The summed E-state index contributed by atoms with van der Waals surface area (Å²) >= 11 is 0. The third-order valence-corrected chi connectivity index (χ3v) is 5.46. The van der Waals surface area contributed by atoms with E-state index in [-0.39, 0.29) is 5.56 Å². The van der Waals surface area contributed by atoms with E-state index in [1.807, 2.05) is 5.32 Å². The first-order valence-electron chi connectivity index (χ1n) is 10.1. The van der Waals surface area contributed by atoms with Crippen molar-refractivity contribution in [2.24, 2.45) is 0 Å². The van der Waals surface area contributed by atoms with Crippen LogP contribution in [0.5, 0.6) is 0 Å². The van der Waals surface area contributed by atoms with Crippen LogP contribution >= 0.6 is 0 Å². The molecule has 0 saturated heterocycles. The average Bonchev–Trinajstić information content (AvgIpc) is 2.78. The minimum absolute atomic E-state index is 0.182. The maximum atomic E-state index is 14.6. The van der Waals surface area contributed by atoms with Gasteiger partial charge in [-0.05, 0) is 41.0 Å². The zero-order valence-electron chi connectivity index (χ0n) is 18.0. The molecule has 0 aliphatic carbocycles. The molecule has 12 heteroatoms. The SMILES string of the molecule is O=C(N[C@](Cc1ccccc1)(c1ccc(F)cc1)c1ccc(C(F)(F)F)c(F)c1)C(O)(O)C(F)(F)F. The van der Waals surface area contributed by atoms with Crippen molar-refractivity contribution in [3.05, 3.63) is 107 Å². The molecule has 3 rings (SSSR count). The number of alkyl halides is 6. The molecule has 4 nitrogen and oxygen atoms in total. The Labute approximate surface area is 198 Å². The van der Waals surface area contributed by atoms with E-state index in [9.17, 15) is 50.1 Å². The van der Waals surface area contributed by atoms with Gasteiger partial charge in [0.1, 0.15) is 11.6 Å². The highest BCUT2D eigenvalue weighted by Crippen LogP contribution is 2.39. The number of carbonyl (C=O) groups excluding carboxylic acids is 1. The van der Waals surface area contributed by atoms with E-state index in [2.05, 4.69) is 0 Å². The Kier molecular flexibility index (Phi) is 7.15. The first kappa shape index (κ1) is 27.1. The van der Waals surface area contributed by atoms with Crippen molar-refractivity contribution in [1.29, 1.82) is 0 Å². The first-order chi connectivity index (χ1) is 16.6. The van der Waals surface area contributed by atoms with Gasteiger partial charge < -0.3 is 15.5 Å². The maximum Gasteiger partial charge on any atom is 0.453 e. The molecule has 0 spiro atoms. The standard InChI is InChI=1S/C24H17F8NO3/c25-17-9-6-15(7-10-17)21(13-14-4-2-1-3-5-14,33-20(34)22(35,36)24(30,31)32)16-8-11-18(19(26)12-16)23(27,28)29/h1-12,35-36H,13H2,(H,33,34)/t21-/m1/s1. The number of aliphatic hydroxyl groups is 2. The molecule has 0 radical (unpaired) electrons. The molecule has 3 aromatic rings. The number of carbonyl (C=O) groups is 1. The summed E-state index contributed by atoms with van der Waals surface area (Å²) in [6.45, 7) is 0. The Morgan fingerprint density at radius 3 is 1.83 bits per heavy atom. The Balaban J connectivity index is 2.31. The van der Waals surface area contributed by atoms with Crippen LogP contribution in [0.4, 0.5) is 35.1 Å². The fourth-order valence-corrected chi connectivity index (χ4v) is 3.62. The maximum absolute atomic E-state index is 14.6. The minimum Gasteiger partial charge on any atom is -0.351 e. The topological polar surface area (TPSA) is 69.6 Å². The van der Waals surface area contributed by atoms with Gasteiger partial charge in [0.25, 0.3) is 5.91 Å². The molecule has 3 N–H and O–H groups in total. The van der Waals surface area contributed by atoms with Crippen LogP contribution < -0.4 is 5.32 Å². The molecule has 0 aliphatic rings. The van der Waals surface area contributed by atoms with Crippen LogP contribution in [0.15, 0.2) is 72.8 Å². The van der Waals surface area contributed by atoms with E-state index >= 15 is 0 Å². The van der Waals surface area contributed by atoms with Gasteiger partial charge in [-0.3, -0.25) is 4.79 Å². The third kappa shape index (κ3) is 5.34. The summed E-state index contributed by atoms with van der Waals surface area (Å²) in [6.07, 6.45) is -11.5. The minimum atomic E-state index is -5.87. The van der Waals surface area contributed by atoms with Gasteiger partial charge in [0.05, 0.1) is 11.1 Å². The Morgan fingerprint density at radius 1 is 0.778 bits per heavy atom. The number of amides is 1. The quantitative estimate of drug-likeness (QED) is 0.323. The lowest BCUT2D eigenvalue weighted by Crippen LogP contribution is -2.62. The molecular formula is C24H17F8NO3. The summed E-state index contributed by atoms with van der Waals surface area (Å²) in [4.78, 5) is 12.6. The summed E-state index contributed by atoms with van der Waals surface area (Å²) in [5.74, 6) is -9.91. The lowest BCUT2D eigenvalue weighted by atomic mass is 9.77. The van der Waals surface area contributed by atoms with Crippen molar-refractivity contribution in [2.75, 3.05) is 0 Å². The van der Waals surface area contributed by atoms with E-state index in [1.165, 1.54) is 24.3 Å². The van der Waals surface area contributed by atoms with E-state index in [0.29, 0.717) is 17.7 Å². The van der Waals surface area contributed by atoms with Gasteiger partial charge in [-0.25, -0.2) is 8.78 Å². The van der Waals surface area contributed by atoms with Crippen molar-refractivity contribution < 1.29 is 50.1 Å². The van der Waals surface area contributed by atoms with Crippen molar-refractivity contribution in [3.8, 4) is 0 Å². The Morgan fingerprint density at radius 2 is 1.33 bits per heavy atom.